The van der Waals surface area contributed by atoms with E-state index < -0.39 is 10.1 Å². The van der Waals surface area contributed by atoms with E-state index in [1.807, 2.05) is 37.3 Å². The Bertz CT molecular complexity index is 698. The number of nitrogens with two attached hydrogens (primary N) is 1. The quantitative estimate of drug-likeness (QED) is 0.456. The van der Waals surface area contributed by atoms with Crippen LogP contribution in [0.4, 0.5) is 0 Å². The van der Waals surface area contributed by atoms with Crippen LogP contribution in [0.3, 0.4) is 0 Å². The van der Waals surface area contributed by atoms with Gasteiger partial charge in [-0.3, -0.25) is 9.96 Å². The fourth-order valence-electron chi connectivity index (χ4n) is 1.45. The van der Waals surface area contributed by atoms with Crippen molar-refractivity contribution in [1.29, 1.82) is 5.41 Å². The Morgan fingerprint density at radius 1 is 1.14 bits per heavy atom. The number of nitrogens with one attached hydrogen (secondary N) is 1. The summed E-state index contributed by atoms with van der Waals surface area (Å²) in [7, 11) is -4.02. The molecule has 22 heavy (non-hydrogen) atoms. The lowest BCUT2D eigenvalue weighted by Gasteiger charge is -2.01. The highest BCUT2D eigenvalue weighted by atomic mass is 32.2. The second-order valence-corrected chi connectivity index (χ2v) is 5.85. The minimum atomic E-state index is -4.02. The SMILES string of the molecule is Cc1ccc(S(=O)(=O)O)cc1.N=C(N)OCc1ccccc1. The first kappa shape index (κ1) is 17.7. The Balaban J connectivity index is 0.000000220. The van der Waals surface area contributed by atoms with E-state index in [0.717, 1.165) is 11.1 Å². The molecule has 0 spiro atoms. The Kier molecular flexibility index (Phi) is 6.55. The van der Waals surface area contributed by atoms with Gasteiger partial charge in [-0.2, -0.15) is 8.42 Å². The first-order valence-electron chi connectivity index (χ1n) is 6.34. The van der Waals surface area contributed by atoms with Crippen LogP contribution in [-0.4, -0.2) is 19.0 Å². The van der Waals surface area contributed by atoms with Gasteiger partial charge in [-0.05, 0) is 24.6 Å². The van der Waals surface area contributed by atoms with Gasteiger partial charge >= 0.3 is 0 Å². The number of ether oxygens (including phenoxy) is 1. The summed E-state index contributed by atoms with van der Waals surface area (Å²) in [5.74, 6) is 0. The molecule has 7 heteroatoms. The van der Waals surface area contributed by atoms with Crippen molar-refractivity contribution in [3.63, 3.8) is 0 Å². The fourth-order valence-corrected chi connectivity index (χ4v) is 1.93. The largest absolute Gasteiger partial charge is 0.461 e. The van der Waals surface area contributed by atoms with Gasteiger partial charge in [0.25, 0.3) is 16.1 Å². The summed E-state index contributed by atoms with van der Waals surface area (Å²) in [4.78, 5) is -0.0666. The van der Waals surface area contributed by atoms with Crippen LogP contribution in [0.2, 0.25) is 0 Å². The molecular weight excluding hydrogens is 304 g/mol. The van der Waals surface area contributed by atoms with E-state index in [2.05, 4.69) is 0 Å². The number of hydrogen-bond donors (Lipinski definition) is 3. The predicted octanol–water partition coefficient (Wildman–Crippen LogP) is 2.34. The number of benzene rings is 2. The molecule has 0 unspecified atom stereocenters. The first-order valence-corrected chi connectivity index (χ1v) is 7.78. The highest BCUT2D eigenvalue weighted by Gasteiger charge is 2.06. The van der Waals surface area contributed by atoms with Crippen LogP contribution >= 0.6 is 0 Å². The van der Waals surface area contributed by atoms with Gasteiger partial charge in [0.1, 0.15) is 6.61 Å². The Morgan fingerprint density at radius 2 is 1.68 bits per heavy atom. The minimum absolute atomic E-state index is 0.0666. The summed E-state index contributed by atoms with van der Waals surface area (Å²) < 4.78 is 34.3. The van der Waals surface area contributed by atoms with Crippen molar-refractivity contribution in [3.05, 3.63) is 65.7 Å². The van der Waals surface area contributed by atoms with E-state index in [1.165, 1.54) is 12.1 Å². The third-order valence-corrected chi connectivity index (χ3v) is 3.42. The average molecular weight is 322 g/mol. The Hall–Kier alpha value is -2.38. The van der Waals surface area contributed by atoms with Crippen molar-refractivity contribution in [1.82, 2.24) is 0 Å². The molecule has 2 rings (SSSR count). The van der Waals surface area contributed by atoms with E-state index in [1.54, 1.807) is 12.1 Å². The lowest BCUT2D eigenvalue weighted by Crippen LogP contribution is -2.13. The van der Waals surface area contributed by atoms with Gasteiger partial charge in [-0.25, -0.2) is 0 Å². The van der Waals surface area contributed by atoms with Crippen molar-refractivity contribution >= 4 is 16.1 Å². The molecule has 6 nitrogen and oxygen atoms in total. The maximum absolute atomic E-state index is 10.5. The Morgan fingerprint density at radius 3 is 2.14 bits per heavy atom. The second kappa shape index (κ2) is 8.16. The molecule has 2 aromatic rings. The van der Waals surface area contributed by atoms with Crippen LogP contribution in [0.15, 0.2) is 59.5 Å². The number of aryl methyl sites for hydroxylation is 1. The third kappa shape index (κ3) is 6.87. The van der Waals surface area contributed by atoms with E-state index >= 15 is 0 Å². The second-order valence-electron chi connectivity index (χ2n) is 4.43. The first-order chi connectivity index (χ1) is 10.3. The van der Waals surface area contributed by atoms with Crippen LogP contribution in [0, 0.1) is 12.3 Å². The van der Waals surface area contributed by atoms with Gasteiger partial charge in [-0.15, -0.1) is 0 Å². The van der Waals surface area contributed by atoms with Gasteiger partial charge in [0.15, 0.2) is 0 Å². The van der Waals surface area contributed by atoms with Crippen molar-refractivity contribution in [2.24, 2.45) is 5.73 Å². The maximum atomic E-state index is 10.5. The molecule has 0 radical (unpaired) electrons. The zero-order chi connectivity index (χ0) is 16.6. The number of amidine groups is 1. The highest BCUT2D eigenvalue weighted by molar-refractivity contribution is 7.85. The van der Waals surface area contributed by atoms with E-state index in [4.69, 9.17) is 20.4 Å². The van der Waals surface area contributed by atoms with Crippen LogP contribution in [0.5, 0.6) is 0 Å². The van der Waals surface area contributed by atoms with Crippen LogP contribution in [-0.2, 0) is 21.5 Å². The van der Waals surface area contributed by atoms with Crippen LogP contribution in [0.25, 0.3) is 0 Å². The lowest BCUT2D eigenvalue weighted by molar-refractivity contribution is 0.284. The molecular formula is C15H18N2O4S. The molecule has 0 aliphatic rings. The number of rotatable bonds is 3. The molecule has 0 heterocycles. The predicted molar refractivity (Wildman–Crippen MR) is 84.1 cm³/mol. The van der Waals surface area contributed by atoms with Crippen molar-refractivity contribution in [2.45, 2.75) is 18.4 Å². The zero-order valence-electron chi connectivity index (χ0n) is 12.1. The van der Waals surface area contributed by atoms with Gasteiger partial charge in [-0.1, -0.05) is 48.0 Å². The third-order valence-electron chi connectivity index (χ3n) is 2.56. The van der Waals surface area contributed by atoms with Crippen LogP contribution < -0.4 is 5.73 Å². The molecule has 0 saturated heterocycles. The average Bonchev–Trinajstić information content (AvgIpc) is 2.46. The standard InChI is InChI=1S/C8H10N2O.C7H8O3S/c9-8(10)11-6-7-4-2-1-3-5-7;1-6-2-4-7(5-3-6)11(8,9)10/h1-5H,6H2,(H3,9,10);2-5H,1H3,(H,8,9,10). The summed E-state index contributed by atoms with van der Waals surface area (Å²) in [6.45, 7) is 2.21. The molecule has 0 atom stereocenters. The van der Waals surface area contributed by atoms with Crippen molar-refractivity contribution in [3.8, 4) is 0 Å². The molecule has 0 aromatic heterocycles. The van der Waals surface area contributed by atoms with E-state index in [-0.39, 0.29) is 10.9 Å². The Labute approximate surface area is 129 Å². The molecule has 0 amide bonds. The monoisotopic (exact) mass is 322 g/mol. The lowest BCUT2D eigenvalue weighted by atomic mass is 10.2. The van der Waals surface area contributed by atoms with Crippen molar-refractivity contribution < 1.29 is 17.7 Å². The van der Waals surface area contributed by atoms with Crippen LogP contribution in [0.1, 0.15) is 11.1 Å². The smallest absolute Gasteiger partial charge is 0.294 e. The summed E-state index contributed by atoms with van der Waals surface area (Å²) >= 11 is 0. The molecule has 0 aliphatic heterocycles. The van der Waals surface area contributed by atoms with Gasteiger partial charge in [0.2, 0.25) is 0 Å². The van der Waals surface area contributed by atoms with E-state index in [9.17, 15) is 8.42 Å². The maximum Gasteiger partial charge on any atom is 0.294 e. The minimum Gasteiger partial charge on any atom is -0.461 e. The van der Waals surface area contributed by atoms with Gasteiger partial charge in [0, 0.05) is 0 Å². The summed E-state index contributed by atoms with van der Waals surface area (Å²) in [5.41, 5.74) is 6.97. The van der Waals surface area contributed by atoms with E-state index in [0.29, 0.717) is 6.61 Å². The molecule has 0 bridgehead atoms. The summed E-state index contributed by atoms with van der Waals surface area (Å²) in [6.07, 6.45) is 0. The molecule has 0 aliphatic carbocycles. The highest BCUT2D eigenvalue weighted by Crippen LogP contribution is 2.08. The van der Waals surface area contributed by atoms with Gasteiger partial charge < -0.3 is 10.5 Å². The molecule has 4 N–H and O–H groups in total. The number of hydrogen-bond acceptors (Lipinski definition) is 4. The summed E-state index contributed by atoms with van der Waals surface area (Å²) in [6, 6.07) is 15.3. The zero-order valence-corrected chi connectivity index (χ0v) is 12.9. The van der Waals surface area contributed by atoms with Crippen molar-refractivity contribution in [2.75, 3.05) is 0 Å². The molecule has 118 valence electrons. The fraction of sp³-hybridized carbons (Fsp3) is 0.133. The van der Waals surface area contributed by atoms with Gasteiger partial charge in [0.05, 0.1) is 4.90 Å². The molecule has 2 aromatic carbocycles. The molecule has 0 fully saturated rings. The topological polar surface area (TPSA) is 113 Å². The summed E-state index contributed by atoms with van der Waals surface area (Å²) in [5, 5.41) is 6.80. The molecule has 0 saturated carbocycles. The normalized spacial score (nSPS) is 10.3.